The molecule has 0 aliphatic heterocycles. The van der Waals surface area contributed by atoms with Gasteiger partial charge in [-0.05, 0) is 18.2 Å². The normalized spacial score (nSPS) is 11.6. The molecule has 0 fully saturated rings. The Hall–Kier alpha value is -0.910. The lowest BCUT2D eigenvalue weighted by Gasteiger charge is -2.15. The van der Waals surface area contributed by atoms with Gasteiger partial charge in [0.2, 0.25) is 0 Å². The van der Waals surface area contributed by atoms with E-state index in [1.807, 2.05) is 0 Å². The Morgan fingerprint density at radius 1 is 1.47 bits per heavy atom. The van der Waals surface area contributed by atoms with Crippen LogP contribution in [0.5, 0.6) is 5.75 Å². The average molecular weight is 266 g/mol. The van der Waals surface area contributed by atoms with E-state index in [4.69, 9.17) is 21.4 Å². The Morgan fingerprint density at radius 3 is 2.76 bits per heavy atom. The van der Waals surface area contributed by atoms with Crippen LogP contribution in [0.25, 0.3) is 0 Å². The van der Waals surface area contributed by atoms with Crippen molar-refractivity contribution in [3.05, 3.63) is 28.8 Å². The van der Waals surface area contributed by atoms with Gasteiger partial charge in [-0.25, -0.2) is 8.78 Å². The van der Waals surface area contributed by atoms with E-state index in [1.165, 1.54) is 7.11 Å². The van der Waals surface area contributed by atoms with Gasteiger partial charge in [0, 0.05) is 17.1 Å². The van der Waals surface area contributed by atoms with Crippen LogP contribution in [-0.2, 0) is 6.54 Å². The Kier molecular flexibility index (Phi) is 5.11. The largest absolute Gasteiger partial charge is 0.496 e. The first kappa shape index (κ1) is 14.2. The molecule has 0 unspecified atom stereocenters. The number of nitrogens with one attached hydrogen (secondary N) is 1. The number of benzene rings is 1. The molecule has 0 radical (unpaired) electrons. The van der Waals surface area contributed by atoms with Crippen LogP contribution in [0.3, 0.4) is 0 Å². The summed E-state index contributed by atoms with van der Waals surface area (Å²) in [5.74, 6) is -2.54. The molecule has 1 aromatic carbocycles. The molecule has 96 valence electrons. The minimum atomic E-state index is -3.12. The van der Waals surface area contributed by atoms with E-state index in [-0.39, 0.29) is 6.54 Å². The van der Waals surface area contributed by atoms with Crippen molar-refractivity contribution in [3.63, 3.8) is 0 Å². The molecule has 0 heterocycles. The summed E-state index contributed by atoms with van der Waals surface area (Å²) < 4.78 is 30.6. The second kappa shape index (κ2) is 6.14. The van der Waals surface area contributed by atoms with Crippen LogP contribution in [0.1, 0.15) is 5.56 Å². The number of rotatable bonds is 6. The van der Waals surface area contributed by atoms with Crippen molar-refractivity contribution < 1.29 is 18.6 Å². The predicted octanol–water partition coefficient (Wildman–Crippen LogP) is 2.07. The van der Waals surface area contributed by atoms with Crippen molar-refractivity contribution in [2.45, 2.75) is 12.5 Å². The Bertz CT molecular complexity index is 374. The number of aliphatic hydroxyl groups is 1. The summed E-state index contributed by atoms with van der Waals surface area (Å²) in [5.41, 5.74) is 0.689. The first-order valence-corrected chi connectivity index (χ1v) is 5.38. The summed E-state index contributed by atoms with van der Waals surface area (Å²) in [6.45, 7) is -1.58. The third-order valence-corrected chi connectivity index (χ3v) is 2.41. The predicted molar refractivity (Wildman–Crippen MR) is 61.7 cm³/mol. The van der Waals surface area contributed by atoms with Crippen LogP contribution in [0.2, 0.25) is 5.02 Å². The van der Waals surface area contributed by atoms with Crippen molar-refractivity contribution >= 4 is 11.6 Å². The zero-order chi connectivity index (χ0) is 12.9. The summed E-state index contributed by atoms with van der Waals surface area (Å²) >= 11 is 5.80. The monoisotopic (exact) mass is 265 g/mol. The maximum Gasteiger partial charge on any atom is 0.282 e. The Morgan fingerprint density at radius 2 is 2.18 bits per heavy atom. The van der Waals surface area contributed by atoms with Gasteiger partial charge in [0.15, 0.2) is 0 Å². The minimum Gasteiger partial charge on any atom is -0.496 e. The van der Waals surface area contributed by atoms with Gasteiger partial charge < -0.3 is 15.2 Å². The molecule has 0 bridgehead atoms. The quantitative estimate of drug-likeness (QED) is 0.827. The van der Waals surface area contributed by atoms with Crippen molar-refractivity contribution in [2.75, 3.05) is 20.3 Å². The summed E-state index contributed by atoms with van der Waals surface area (Å²) in [7, 11) is 1.50. The topological polar surface area (TPSA) is 41.5 Å². The number of hydrogen-bond donors (Lipinski definition) is 2. The van der Waals surface area contributed by atoms with Crippen LogP contribution in [0.4, 0.5) is 8.78 Å². The van der Waals surface area contributed by atoms with Crippen molar-refractivity contribution in [2.24, 2.45) is 0 Å². The second-order valence-corrected chi connectivity index (χ2v) is 4.01. The van der Waals surface area contributed by atoms with Gasteiger partial charge in [-0.15, -0.1) is 0 Å². The van der Waals surface area contributed by atoms with Crippen LogP contribution in [0.15, 0.2) is 18.2 Å². The molecule has 6 heteroatoms. The molecule has 0 aliphatic rings. The Labute approximate surface area is 103 Å². The highest BCUT2D eigenvalue weighted by Gasteiger charge is 2.26. The summed E-state index contributed by atoms with van der Waals surface area (Å²) in [4.78, 5) is 0. The fourth-order valence-electron chi connectivity index (χ4n) is 1.32. The zero-order valence-corrected chi connectivity index (χ0v) is 10.1. The lowest BCUT2D eigenvalue weighted by atomic mass is 10.2. The maximum absolute atomic E-state index is 12.7. The van der Waals surface area contributed by atoms with Gasteiger partial charge in [-0.3, -0.25) is 0 Å². The van der Waals surface area contributed by atoms with E-state index in [0.717, 1.165) is 0 Å². The van der Waals surface area contributed by atoms with Gasteiger partial charge in [0.25, 0.3) is 5.92 Å². The molecule has 3 nitrogen and oxygen atoms in total. The molecule has 0 aromatic heterocycles. The fourth-order valence-corrected chi connectivity index (χ4v) is 1.52. The van der Waals surface area contributed by atoms with E-state index in [0.29, 0.717) is 16.3 Å². The van der Waals surface area contributed by atoms with E-state index < -0.39 is 19.1 Å². The van der Waals surface area contributed by atoms with Gasteiger partial charge in [0.05, 0.1) is 13.7 Å². The smallest absolute Gasteiger partial charge is 0.282 e. The summed E-state index contributed by atoms with van der Waals surface area (Å²) in [6, 6.07) is 4.97. The average Bonchev–Trinajstić information content (AvgIpc) is 2.29. The number of halogens is 3. The molecule has 0 spiro atoms. The van der Waals surface area contributed by atoms with Gasteiger partial charge in [0.1, 0.15) is 12.4 Å². The summed E-state index contributed by atoms with van der Waals surface area (Å²) in [5, 5.41) is 11.5. The SMILES string of the molecule is COc1ccc(Cl)cc1CNCC(F)(F)CO. The van der Waals surface area contributed by atoms with Crippen LogP contribution in [-0.4, -0.2) is 31.3 Å². The van der Waals surface area contributed by atoms with Gasteiger partial charge in [-0.2, -0.15) is 0 Å². The highest BCUT2D eigenvalue weighted by Crippen LogP contribution is 2.22. The van der Waals surface area contributed by atoms with Crippen molar-refractivity contribution in [3.8, 4) is 5.75 Å². The zero-order valence-electron chi connectivity index (χ0n) is 9.34. The van der Waals surface area contributed by atoms with E-state index >= 15 is 0 Å². The molecular formula is C11H14ClF2NO2. The number of methoxy groups -OCH3 is 1. The van der Waals surface area contributed by atoms with Gasteiger partial charge >= 0.3 is 0 Å². The van der Waals surface area contributed by atoms with Crippen LogP contribution >= 0.6 is 11.6 Å². The van der Waals surface area contributed by atoms with E-state index in [2.05, 4.69) is 5.32 Å². The van der Waals surface area contributed by atoms with Crippen molar-refractivity contribution in [1.82, 2.24) is 5.32 Å². The first-order chi connectivity index (χ1) is 7.98. The highest BCUT2D eigenvalue weighted by molar-refractivity contribution is 6.30. The highest BCUT2D eigenvalue weighted by atomic mass is 35.5. The molecule has 0 saturated heterocycles. The summed E-state index contributed by atoms with van der Waals surface area (Å²) in [6.07, 6.45) is 0. The Balaban J connectivity index is 2.59. The lowest BCUT2D eigenvalue weighted by molar-refractivity contribution is -0.0477. The molecule has 0 aliphatic carbocycles. The lowest BCUT2D eigenvalue weighted by Crippen LogP contribution is -2.35. The number of alkyl halides is 2. The van der Waals surface area contributed by atoms with Crippen LogP contribution in [0, 0.1) is 0 Å². The van der Waals surface area contributed by atoms with E-state index in [1.54, 1.807) is 18.2 Å². The molecule has 0 amide bonds. The second-order valence-electron chi connectivity index (χ2n) is 3.57. The molecular weight excluding hydrogens is 252 g/mol. The third kappa shape index (κ3) is 4.46. The van der Waals surface area contributed by atoms with Crippen molar-refractivity contribution in [1.29, 1.82) is 0 Å². The molecule has 1 aromatic rings. The fraction of sp³-hybridized carbons (Fsp3) is 0.455. The molecule has 0 saturated carbocycles. The molecule has 2 N–H and O–H groups in total. The standard InChI is InChI=1S/C11H14ClF2NO2/c1-17-10-3-2-9(12)4-8(10)5-15-6-11(13,14)7-16/h2-4,15-16H,5-7H2,1H3. The van der Waals surface area contributed by atoms with Crippen LogP contribution < -0.4 is 10.1 Å². The maximum atomic E-state index is 12.7. The number of aliphatic hydroxyl groups excluding tert-OH is 1. The minimum absolute atomic E-state index is 0.194. The molecule has 0 atom stereocenters. The van der Waals surface area contributed by atoms with E-state index in [9.17, 15) is 8.78 Å². The number of ether oxygens (including phenoxy) is 1. The first-order valence-electron chi connectivity index (χ1n) is 5.00. The molecule has 1 rings (SSSR count). The third-order valence-electron chi connectivity index (χ3n) is 2.17. The number of hydrogen-bond acceptors (Lipinski definition) is 3. The van der Waals surface area contributed by atoms with Gasteiger partial charge in [-0.1, -0.05) is 11.6 Å². The molecule has 17 heavy (non-hydrogen) atoms.